The van der Waals surface area contributed by atoms with Gasteiger partial charge < -0.3 is 18.9 Å². The molecule has 0 N–H and O–H groups in total. The third-order valence-corrected chi connectivity index (χ3v) is 5.54. The van der Waals surface area contributed by atoms with Crippen LogP contribution in [0, 0.1) is 17.3 Å². The van der Waals surface area contributed by atoms with E-state index in [4.69, 9.17) is 18.9 Å². The maximum absolute atomic E-state index is 6.04. The third kappa shape index (κ3) is 1.66. The first kappa shape index (κ1) is 12.9. The number of methoxy groups -OCH3 is 2. The summed E-state index contributed by atoms with van der Waals surface area (Å²) in [6.07, 6.45) is 4.02. The molecule has 0 unspecified atom stereocenters. The van der Waals surface area contributed by atoms with Crippen molar-refractivity contribution in [2.75, 3.05) is 20.8 Å². The maximum atomic E-state index is 6.04. The van der Waals surface area contributed by atoms with Gasteiger partial charge in [-0.15, -0.1) is 0 Å². The van der Waals surface area contributed by atoms with Crippen LogP contribution in [0.3, 0.4) is 0 Å². The molecular formula is C14H24O4. The normalized spacial score (nSPS) is 43.5. The van der Waals surface area contributed by atoms with E-state index in [0.29, 0.717) is 24.0 Å². The predicted molar refractivity (Wildman–Crippen MR) is 66.0 cm³/mol. The summed E-state index contributed by atoms with van der Waals surface area (Å²) >= 11 is 0. The molecule has 0 aromatic heterocycles. The minimum atomic E-state index is -0.552. The second-order valence-corrected chi connectivity index (χ2v) is 6.48. The molecule has 3 saturated carbocycles. The van der Waals surface area contributed by atoms with Crippen LogP contribution in [-0.2, 0) is 18.9 Å². The Balaban J connectivity index is 1.54. The van der Waals surface area contributed by atoms with Gasteiger partial charge in [0, 0.05) is 20.6 Å². The van der Waals surface area contributed by atoms with E-state index in [1.165, 1.54) is 12.8 Å². The Kier molecular flexibility index (Phi) is 2.98. The van der Waals surface area contributed by atoms with E-state index >= 15 is 0 Å². The summed E-state index contributed by atoms with van der Waals surface area (Å²) in [5, 5.41) is 0. The van der Waals surface area contributed by atoms with Gasteiger partial charge in [0.05, 0.1) is 12.7 Å². The molecule has 1 heterocycles. The fraction of sp³-hybridized carbons (Fsp3) is 1.00. The number of epoxide rings is 1. The van der Waals surface area contributed by atoms with Crippen LogP contribution < -0.4 is 0 Å². The number of rotatable bonds is 6. The fourth-order valence-corrected chi connectivity index (χ4v) is 4.23. The molecule has 4 nitrogen and oxygen atoms in total. The lowest BCUT2D eigenvalue weighted by atomic mass is 9.45. The van der Waals surface area contributed by atoms with Gasteiger partial charge in [0.1, 0.15) is 5.60 Å². The molecule has 18 heavy (non-hydrogen) atoms. The molecule has 3 aliphatic carbocycles. The fourth-order valence-electron chi connectivity index (χ4n) is 4.23. The monoisotopic (exact) mass is 256 g/mol. The minimum Gasteiger partial charge on any atom is -0.366 e. The van der Waals surface area contributed by atoms with Crippen molar-refractivity contribution in [3.8, 4) is 0 Å². The molecule has 4 fully saturated rings. The lowest BCUT2D eigenvalue weighted by Gasteiger charge is -2.58. The Hall–Kier alpha value is -0.160. The zero-order chi connectivity index (χ0) is 13.0. The van der Waals surface area contributed by atoms with E-state index in [0.717, 1.165) is 12.3 Å². The molecule has 1 aliphatic heterocycles. The van der Waals surface area contributed by atoms with Crippen LogP contribution in [0.4, 0.5) is 0 Å². The van der Waals surface area contributed by atoms with Crippen molar-refractivity contribution < 1.29 is 18.9 Å². The van der Waals surface area contributed by atoms with Gasteiger partial charge in [0.15, 0.2) is 0 Å². The average molecular weight is 256 g/mol. The van der Waals surface area contributed by atoms with Crippen LogP contribution in [0.25, 0.3) is 0 Å². The van der Waals surface area contributed by atoms with Crippen LogP contribution in [0.15, 0.2) is 0 Å². The van der Waals surface area contributed by atoms with Crippen molar-refractivity contribution in [3.05, 3.63) is 0 Å². The SMILES string of the molecule is COC(OC)OCC[C@]12O[C@H]1C[C@H]1C[C@@H]2C1(C)C. The standard InChI is InChI=1S/C14H24O4/c1-13(2)9-7-10(13)14(11(8-9)18-14)5-6-17-12(15-3)16-4/h9-12H,5-8H2,1-4H3/t9-,10-,11+,14-/m1/s1. The van der Waals surface area contributed by atoms with E-state index in [-0.39, 0.29) is 5.60 Å². The first-order valence-electron chi connectivity index (χ1n) is 6.89. The summed E-state index contributed by atoms with van der Waals surface area (Å²) in [7, 11) is 3.17. The predicted octanol–water partition coefficient (Wildman–Crippen LogP) is 2.17. The van der Waals surface area contributed by atoms with Crippen molar-refractivity contribution in [3.63, 3.8) is 0 Å². The smallest absolute Gasteiger partial charge is 0.271 e. The quantitative estimate of drug-likeness (QED) is 0.539. The molecular weight excluding hydrogens is 232 g/mol. The summed E-state index contributed by atoms with van der Waals surface area (Å²) in [5.41, 5.74) is 0.555. The molecule has 0 amide bonds. The number of ether oxygens (including phenoxy) is 4. The minimum absolute atomic E-state index is 0.101. The van der Waals surface area contributed by atoms with Crippen molar-refractivity contribution in [2.24, 2.45) is 17.3 Å². The van der Waals surface area contributed by atoms with Crippen LogP contribution in [0.2, 0.25) is 0 Å². The molecule has 4 rings (SSSR count). The van der Waals surface area contributed by atoms with Gasteiger partial charge >= 0.3 is 0 Å². The second kappa shape index (κ2) is 4.17. The van der Waals surface area contributed by atoms with Gasteiger partial charge in [0.2, 0.25) is 0 Å². The van der Waals surface area contributed by atoms with Crippen LogP contribution >= 0.6 is 0 Å². The topological polar surface area (TPSA) is 40.2 Å². The van der Waals surface area contributed by atoms with Crippen molar-refractivity contribution in [1.29, 1.82) is 0 Å². The highest BCUT2D eigenvalue weighted by Crippen LogP contribution is 2.71. The molecule has 4 atom stereocenters. The molecule has 0 radical (unpaired) electrons. The van der Waals surface area contributed by atoms with Gasteiger partial charge in [-0.1, -0.05) is 13.8 Å². The van der Waals surface area contributed by atoms with Gasteiger partial charge in [-0.05, 0) is 30.1 Å². The Bertz CT molecular complexity index is 326. The van der Waals surface area contributed by atoms with Crippen molar-refractivity contribution in [2.45, 2.75) is 51.3 Å². The second-order valence-electron chi connectivity index (χ2n) is 6.48. The highest BCUT2D eigenvalue weighted by molar-refractivity contribution is 5.22. The summed E-state index contributed by atoms with van der Waals surface area (Å²) in [5.74, 6) is 1.58. The summed E-state index contributed by atoms with van der Waals surface area (Å²) < 4.78 is 21.6. The molecule has 4 heteroatoms. The van der Waals surface area contributed by atoms with Gasteiger partial charge in [-0.25, -0.2) is 0 Å². The Morgan fingerprint density at radius 2 is 1.94 bits per heavy atom. The highest BCUT2D eigenvalue weighted by Gasteiger charge is 2.74. The van der Waals surface area contributed by atoms with Crippen LogP contribution in [0.5, 0.6) is 0 Å². The molecule has 104 valence electrons. The largest absolute Gasteiger partial charge is 0.366 e. The van der Waals surface area contributed by atoms with Crippen molar-refractivity contribution >= 4 is 0 Å². The summed E-state index contributed by atoms with van der Waals surface area (Å²) in [6, 6.07) is 0. The van der Waals surface area contributed by atoms with E-state index < -0.39 is 6.48 Å². The summed E-state index contributed by atoms with van der Waals surface area (Å²) in [6.45, 7) is 4.86. The first-order chi connectivity index (χ1) is 8.54. The highest BCUT2D eigenvalue weighted by atomic mass is 16.8. The van der Waals surface area contributed by atoms with E-state index in [1.54, 1.807) is 14.2 Å². The molecule has 0 spiro atoms. The average Bonchev–Trinajstić information content (AvgIpc) is 3.08. The molecule has 0 aromatic rings. The number of hydrogen-bond acceptors (Lipinski definition) is 4. The van der Waals surface area contributed by atoms with Crippen molar-refractivity contribution in [1.82, 2.24) is 0 Å². The Labute approximate surface area is 109 Å². The van der Waals surface area contributed by atoms with Gasteiger partial charge in [0.25, 0.3) is 6.48 Å². The van der Waals surface area contributed by atoms with E-state index in [2.05, 4.69) is 13.8 Å². The van der Waals surface area contributed by atoms with Gasteiger partial charge in [-0.2, -0.15) is 0 Å². The van der Waals surface area contributed by atoms with Gasteiger partial charge in [-0.3, -0.25) is 0 Å². The zero-order valence-corrected chi connectivity index (χ0v) is 11.8. The lowest BCUT2D eigenvalue weighted by molar-refractivity contribution is -0.267. The Morgan fingerprint density at radius 3 is 2.56 bits per heavy atom. The maximum Gasteiger partial charge on any atom is 0.271 e. The molecule has 0 aromatic carbocycles. The zero-order valence-electron chi connectivity index (χ0n) is 11.8. The molecule has 2 bridgehead atoms. The van der Waals surface area contributed by atoms with E-state index in [1.807, 2.05) is 0 Å². The Morgan fingerprint density at radius 1 is 1.22 bits per heavy atom. The first-order valence-corrected chi connectivity index (χ1v) is 6.89. The van der Waals surface area contributed by atoms with Crippen LogP contribution in [-0.4, -0.2) is 39.0 Å². The summed E-state index contributed by atoms with van der Waals surface area (Å²) in [4.78, 5) is 0. The molecule has 1 saturated heterocycles. The number of hydrogen-bond donors (Lipinski definition) is 0. The third-order valence-electron chi connectivity index (χ3n) is 5.54. The molecule has 4 aliphatic rings. The lowest BCUT2D eigenvalue weighted by Crippen LogP contribution is -2.57. The van der Waals surface area contributed by atoms with Crippen LogP contribution in [0.1, 0.15) is 33.1 Å². The van der Waals surface area contributed by atoms with E-state index in [9.17, 15) is 0 Å².